The fraction of sp³-hybridized carbons (Fsp3) is 0.125. The van der Waals surface area contributed by atoms with E-state index in [9.17, 15) is 14.0 Å². The van der Waals surface area contributed by atoms with Crippen molar-refractivity contribution in [3.8, 4) is 0 Å². The molecule has 1 aliphatic heterocycles. The van der Waals surface area contributed by atoms with Gasteiger partial charge in [0.2, 0.25) is 0 Å². The van der Waals surface area contributed by atoms with Gasteiger partial charge in [-0.3, -0.25) is 0 Å². The first-order chi connectivity index (χ1) is 11.4. The van der Waals surface area contributed by atoms with Crippen LogP contribution < -0.4 is 4.90 Å². The number of carbonyl (C=O) groups is 2. The maximum Gasteiger partial charge on any atom is 0.355 e. The van der Waals surface area contributed by atoms with Crippen LogP contribution in [0.25, 0.3) is 0 Å². The molecule has 0 radical (unpaired) electrons. The lowest BCUT2D eigenvalue weighted by molar-refractivity contribution is -0.139. The van der Waals surface area contributed by atoms with E-state index in [1.807, 2.05) is 0 Å². The van der Waals surface area contributed by atoms with Crippen LogP contribution in [0.3, 0.4) is 0 Å². The number of allylic oxidation sites excluding steroid dienone is 2. The lowest BCUT2D eigenvalue weighted by atomic mass is 10.1. The first kappa shape index (κ1) is 18.2. The number of nitrogens with zero attached hydrogens (tertiary/aromatic N) is 1. The predicted molar refractivity (Wildman–Crippen MR) is 90.9 cm³/mol. The Kier molecular flexibility index (Phi) is 5.80. The summed E-state index contributed by atoms with van der Waals surface area (Å²) >= 11 is 9.40. The summed E-state index contributed by atoms with van der Waals surface area (Å²) in [5, 5.41) is 0.0344. The van der Waals surface area contributed by atoms with Gasteiger partial charge in [-0.05, 0) is 40.2 Å². The molecule has 0 spiro atoms. The average Bonchev–Trinajstić information content (AvgIpc) is 2.80. The maximum atomic E-state index is 14.4. The Morgan fingerprint density at radius 1 is 1.17 bits per heavy atom. The summed E-state index contributed by atoms with van der Waals surface area (Å²) in [7, 11) is 2.33. The monoisotopic (exact) mass is 415 g/mol. The van der Waals surface area contributed by atoms with E-state index in [1.165, 1.54) is 43.7 Å². The van der Waals surface area contributed by atoms with Crippen molar-refractivity contribution < 1.29 is 23.5 Å². The van der Waals surface area contributed by atoms with Crippen molar-refractivity contribution in [2.75, 3.05) is 19.1 Å². The van der Waals surface area contributed by atoms with E-state index in [0.717, 1.165) is 12.0 Å². The largest absolute Gasteiger partial charge is 0.465 e. The van der Waals surface area contributed by atoms with Crippen LogP contribution in [0.15, 0.2) is 52.3 Å². The van der Waals surface area contributed by atoms with E-state index < -0.39 is 17.8 Å². The highest BCUT2D eigenvalue weighted by atomic mass is 79.9. The molecule has 8 heteroatoms. The van der Waals surface area contributed by atoms with Crippen LogP contribution >= 0.6 is 27.5 Å². The number of hydrogen-bond acceptors (Lipinski definition) is 5. The fourth-order valence-corrected chi connectivity index (χ4v) is 2.64. The summed E-state index contributed by atoms with van der Waals surface area (Å²) in [6.07, 6.45) is 5.81. The van der Waals surface area contributed by atoms with Gasteiger partial charge < -0.3 is 14.4 Å². The molecule has 0 atom stereocenters. The molecule has 0 amide bonds. The Bertz CT molecular complexity index is 789. The molecule has 0 saturated carbocycles. The van der Waals surface area contributed by atoms with Crippen molar-refractivity contribution >= 4 is 45.2 Å². The number of methoxy groups -OCH3 is 2. The molecule has 1 aliphatic rings. The predicted octanol–water partition coefficient (Wildman–Crippen LogP) is 3.73. The molecule has 1 aromatic carbocycles. The molecule has 0 N–H and O–H groups in total. The molecule has 126 valence electrons. The van der Waals surface area contributed by atoms with Gasteiger partial charge in [0.05, 0.1) is 24.8 Å². The second kappa shape index (κ2) is 7.63. The third kappa shape index (κ3) is 3.37. The van der Waals surface area contributed by atoms with Crippen LogP contribution in [-0.4, -0.2) is 26.2 Å². The number of anilines is 1. The number of hydrogen-bond donors (Lipinski definition) is 0. The van der Waals surface area contributed by atoms with Crippen LogP contribution in [0.5, 0.6) is 0 Å². The number of halogens is 3. The number of esters is 2. The lowest BCUT2D eigenvalue weighted by Gasteiger charge is -2.24. The summed E-state index contributed by atoms with van der Waals surface area (Å²) in [4.78, 5) is 25.5. The van der Waals surface area contributed by atoms with Gasteiger partial charge >= 0.3 is 11.9 Å². The standard InChI is InChI=1S/C16H12BrClFNO4/c1-23-15(21)9-5-3-4-8-20(13(9)16(22)24-2)14-11(19)7-6-10(17)12(14)18/h3-8H,1-2H3. The normalized spacial score (nSPS) is 13.8. The zero-order valence-electron chi connectivity index (χ0n) is 12.7. The summed E-state index contributed by atoms with van der Waals surface area (Å²) in [6.45, 7) is 0. The van der Waals surface area contributed by atoms with Crippen LogP contribution in [0.1, 0.15) is 0 Å². The topological polar surface area (TPSA) is 55.8 Å². The highest BCUT2D eigenvalue weighted by molar-refractivity contribution is 9.10. The van der Waals surface area contributed by atoms with E-state index in [-0.39, 0.29) is 22.0 Å². The summed E-state index contributed by atoms with van der Waals surface area (Å²) in [6, 6.07) is 2.62. The lowest BCUT2D eigenvalue weighted by Crippen LogP contribution is -2.27. The average molecular weight is 417 g/mol. The van der Waals surface area contributed by atoms with Crippen molar-refractivity contribution in [3.05, 3.63) is 63.1 Å². The molecule has 24 heavy (non-hydrogen) atoms. The van der Waals surface area contributed by atoms with Gasteiger partial charge in [-0.2, -0.15) is 0 Å². The van der Waals surface area contributed by atoms with E-state index in [4.69, 9.17) is 21.1 Å². The Hall–Kier alpha value is -2.12. The number of carbonyl (C=O) groups excluding carboxylic acids is 2. The minimum atomic E-state index is -0.845. The minimum absolute atomic E-state index is 0.0344. The Morgan fingerprint density at radius 3 is 2.46 bits per heavy atom. The number of benzene rings is 1. The third-order valence-corrected chi connectivity index (χ3v) is 4.42. The Labute approximate surface area is 151 Å². The van der Waals surface area contributed by atoms with Gasteiger partial charge in [-0.1, -0.05) is 17.7 Å². The molecule has 5 nitrogen and oxygen atoms in total. The quantitative estimate of drug-likeness (QED) is 0.555. The SMILES string of the molecule is COC(=O)C1=C(C(=O)OC)N(c2c(F)ccc(Br)c2Cl)C=CC=C1. The molecule has 1 heterocycles. The maximum absolute atomic E-state index is 14.4. The molecule has 0 aliphatic carbocycles. The first-order valence-corrected chi connectivity index (χ1v) is 7.78. The molecule has 2 rings (SSSR count). The molecule has 1 aromatic rings. The Morgan fingerprint density at radius 2 is 1.83 bits per heavy atom. The molecule has 0 unspecified atom stereocenters. The van der Waals surface area contributed by atoms with Crippen LogP contribution in [0.4, 0.5) is 10.1 Å². The molecular weight excluding hydrogens is 405 g/mol. The van der Waals surface area contributed by atoms with Crippen LogP contribution in [-0.2, 0) is 19.1 Å². The van der Waals surface area contributed by atoms with Gasteiger partial charge in [0, 0.05) is 10.7 Å². The van der Waals surface area contributed by atoms with Crippen molar-refractivity contribution in [2.45, 2.75) is 0 Å². The van der Waals surface area contributed by atoms with Crippen molar-refractivity contribution in [3.63, 3.8) is 0 Å². The van der Waals surface area contributed by atoms with Crippen LogP contribution in [0, 0.1) is 5.82 Å². The molecule has 0 aromatic heterocycles. The second-order valence-electron chi connectivity index (χ2n) is 4.51. The summed E-state index contributed by atoms with van der Waals surface area (Å²) < 4.78 is 24.3. The molecule has 0 bridgehead atoms. The van der Waals surface area contributed by atoms with Crippen molar-refractivity contribution in [1.29, 1.82) is 0 Å². The van der Waals surface area contributed by atoms with Gasteiger partial charge in [-0.15, -0.1) is 0 Å². The van der Waals surface area contributed by atoms with Crippen LogP contribution in [0.2, 0.25) is 5.02 Å². The zero-order valence-corrected chi connectivity index (χ0v) is 15.0. The fourth-order valence-electron chi connectivity index (χ4n) is 2.07. The summed E-state index contributed by atoms with van der Waals surface area (Å²) in [5.41, 5.74) is -0.411. The second-order valence-corrected chi connectivity index (χ2v) is 5.74. The van der Waals surface area contributed by atoms with Gasteiger partial charge in [0.25, 0.3) is 0 Å². The molecule has 0 saturated heterocycles. The highest BCUT2D eigenvalue weighted by Crippen LogP contribution is 2.38. The van der Waals surface area contributed by atoms with E-state index in [2.05, 4.69) is 15.9 Å². The van der Waals surface area contributed by atoms with Crippen molar-refractivity contribution in [1.82, 2.24) is 0 Å². The molecule has 0 fully saturated rings. The number of rotatable bonds is 3. The van der Waals surface area contributed by atoms with E-state index >= 15 is 0 Å². The summed E-state index contributed by atoms with van der Waals surface area (Å²) in [5.74, 6) is -2.30. The smallest absolute Gasteiger partial charge is 0.355 e. The highest BCUT2D eigenvalue weighted by Gasteiger charge is 2.30. The Balaban J connectivity index is 2.78. The van der Waals surface area contributed by atoms with Gasteiger partial charge in [0.15, 0.2) is 0 Å². The van der Waals surface area contributed by atoms with Gasteiger partial charge in [0.1, 0.15) is 17.2 Å². The van der Waals surface area contributed by atoms with E-state index in [0.29, 0.717) is 4.47 Å². The molecular formula is C16H12BrClFNO4. The first-order valence-electron chi connectivity index (χ1n) is 6.60. The minimum Gasteiger partial charge on any atom is -0.465 e. The van der Waals surface area contributed by atoms with Crippen molar-refractivity contribution in [2.24, 2.45) is 0 Å². The van der Waals surface area contributed by atoms with E-state index in [1.54, 1.807) is 0 Å². The number of ether oxygens (including phenoxy) is 2. The third-order valence-electron chi connectivity index (χ3n) is 3.15. The zero-order chi connectivity index (χ0) is 17.9. The van der Waals surface area contributed by atoms with Gasteiger partial charge in [-0.25, -0.2) is 14.0 Å².